The third kappa shape index (κ3) is 4.39. The summed E-state index contributed by atoms with van der Waals surface area (Å²) in [5.74, 6) is 0.338. The SMILES string of the molecule is CCCCOc1nc(N)c2cc(C#N)n(Cc3cccc(CN4CCCC4)c3)c2n1. The number of nitrogens with two attached hydrogens (primary N) is 1. The van der Waals surface area contributed by atoms with Gasteiger partial charge >= 0.3 is 6.01 Å². The Morgan fingerprint density at radius 3 is 2.63 bits per heavy atom. The number of nitrogens with zero attached hydrogens (tertiary/aromatic N) is 5. The van der Waals surface area contributed by atoms with Crippen LogP contribution >= 0.6 is 0 Å². The number of nitrogen functional groups attached to an aromatic ring is 1. The Labute approximate surface area is 177 Å². The molecule has 7 heteroatoms. The van der Waals surface area contributed by atoms with Gasteiger partial charge in [0.15, 0.2) is 5.65 Å². The molecule has 1 fully saturated rings. The van der Waals surface area contributed by atoms with Crippen LogP contribution in [0.25, 0.3) is 11.0 Å². The van der Waals surface area contributed by atoms with Crippen LogP contribution in [0.2, 0.25) is 0 Å². The van der Waals surface area contributed by atoms with E-state index in [2.05, 4.69) is 52.1 Å². The summed E-state index contributed by atoms with van der Waals surface area (Å²) in [7, 11) is 0. The summed E-state index contributed by atoms with van der Waals surface area (Å²) in [5.41, 5.74) is 9.72. The molecule has 0 aliphatic carbocycles. The zero-order valence-electron chi connectivity index (χ0n) is 17.5. The molecular formula is C23H28N6O. The predicted molar refractivity (Wildman–Crippen MR) is 117 cm³/mol. The summed E-state index contributed by atoms with van der Waals surface area (Å²) < 4.78 is 7.57. The number of unbranched alkanes of at least 4 members (excludes halogenated alkanes) is 1. The van der Waals surface area contributed by atoms with E-state index < -0.39 is 0 Å². The first-order valence-corrected chi connectivity index (χ1v) is 10.7. The monoisotopic (exact) mass is 404 g/mol. The molecule has 7 nitrogen and oxygen atoms in total. The minimum absolute atomic E-state index is 0.264. The third-order valence-electron chi connectivity index (χ3n) is 5.54. The van der Waals surface area contributed by atoms with Crippen molar-refractivity contribution in [3.05, 3.63) is 47.2 Å². The van der Waals surface area contributed by atoms with Gasteiger partial charge < -0.3 is 15.0 Å². The zero-order valence-corrected chi connectivity index (χ0v) is 17.5. The number of aromatic nitrogens is 3. The number of ether oxygens (including phenoxy) is 1. The molecule has 156 valence electrons. The minimum Gasteiger partial charge on any atom is -0.463 e. The van der Waals surface area contributed by atoms with E-state index in [9.17, 15) is 5.26 Å². The van der Waals surface area contributed by atoms with Crippen molar-refractivity contribution in [2.24, 2.45) is 0 Å². The van der Waals surface area contributed by atoms with Crippen molar-refractivity contribution in [1.82, 2.24) is 19.4 Å². The molecule has 3 heterocycles. The van der Waals surface area contributed by atoms with E-state index >= 15 is 0 Å². The van der Waals surface area contributed by atoms with Crippen LogP contribution in [0.1, 0.15) is 49.4 Å². The lowest BCUT2D eigenvalue weighted by Crippen LogP contribution is -2.18. The van der Waals surface area contributed by atoms with Gasteiger partial charge in [0.1, 0.15) is 17.6 Å². The second-order valence-electron chi connectivity index (χ2n) is 7.86. The highest BCUT2D eigenvalue weighted by Gasteiger charge is 2.16. The van der Waals surface area contributed by atoms with Crippen molar-refractivity contribution >= 4 is 16.9 Å². The van der Waals surface area contributed by atoms with Crippen LogP contribution in [0, 0.1) is 11.3 Å². The molecule has 4 rings (SSSR count). The molecule has 3 aromatic rings. The topological polar surface area (TPSA) is 93.0 Å². The molecule has 1 aliphatic rings. The number of benzene rings is 1. The second kappa shape index (κ2) is 9.14. The molecule has 1 saturated heterocycles. The molecule has 0 unspecified atom stereocenters. The molecule has 30 heavy (non-hydrogen) atoms. The van der Waals surface area contributed by atoms with Crippen LogP contribution in [-0.2, 0) is 13.1 Å². The Bertz CT molecular complexity index is 1060. The number of rotatable bonds is 8. The van der Waals surface area contributed by atoms with Crippen LogP contribution in [0.5, 0.6) is 6.01 Å². The summed E-state index contributed by atoms with van der Waals surface area (Å²) >= 11 is 0. The smallest absolute Gasteiger partial charge is 0.320 e. The van der Waals surface area contributed by atoms with Crippen molar-refractivity contribution in [3.63, 3.8) is 0 Å². The number of hydrogen-bond acceptors (Lipinski definition) is 6. The van der Waals surface area contributed by atoms with Gasteiger partial charge in [-0.3, -0.25) is 4.90 Å². The third-order valence-corrected chi connectivity index (χ3v) is 5.54. The standard InChI is InChI=1S/C23H28N6O/c1-2-3-11-30-23-26-21(25)20-13-19(14-24)29(22(20)27-23)16-18-8-6-7-17(12-18)15-28-9-4-5-10-28/h6-8,12-13H,2-5,9-11,15-16H2,1H3,(H2,25,26,27). The van der Waals surface area contributed by atoms with Crippen LogP contribution < -0.4 is 10.5 Å². The van der Waals surface area contributed by atoms with Crippen LogP contribution in [-0.4, -0.2) is 39.1 Å². The number of hydrogen-bond donors (Lipinski definition) is 1. The molecule has 1 aromatic carbocycles. The van der Waals surface area contributed by atoms with Gasteiger partial charge in [-0.05, 0) is 49.5 Å². The fourth-order valence-corrected chi connectivity index (χ4v) is 3.96. The van der Waals surface area contributed by atoms with Gasteiger partial charge in [-0.1, -0.05) is 37.6 Å². The van der Waals surface area contributed by atoms with Crippen molar-refractivity contribution < 1.29 is 4.74 Å². The number of likely N-dealkylation sites (tertiary alicyclic amines) is 1. The van der Waals surface area contributed by atoms with E-state index in [1.54, 1.807) is 6.07 Å². The Morgan fingerprint density at radius 1 is 1.13 bits per heavy atom. The van der Waals surface area contributed by atoms with Gasteiger partial charge in [0.05, 0.1) is 18.5 Å². The lowest BCUT2D eigenvalue weighted by molar-refractivity contribution is 0.286. The highest BCUT2D eigenvalue weighted by atomic mass is 16.5. The predicted octanol–water partition coefficient (Wildman–Crippen LogP) is 3.71. The van der Waals surface area contributed by atoms with Gasteiger partial charge in [0.25, 0.3) is 0 Å². The highest BCUT2D eigenvalue weighted by Crippen LogP contribution is 2.26. The fraction of sp³-hybridized carbons (Fsp3) is 0.435. The maximum Gasteiger partial charge on any atom is 0.320 e. The van der Waals surface area contributed by atoms with E-state index in [0.717, 1.165) is 24.9 Å². The molecule has 0 amide bonds. The van der Waals surface area contributed by atoms with Crippen molar-refractivity contribution in [2.45, 2.75) is 45.7 Å². The number of anilines is 1. The van der Waals surface area contributed by atoms with E-state index in [-0.39, 0.29) is 6.01 Å². The molecule has 1 aliphatic heterocycles. The van der Waals surface area contributed by atoms with Gasteiger partial charge in [0.2, 0.25) is 0 Å². The lowest BCUT2D eigenvalue weighted by Gasteiger charge is -2.15. The lowest BCUT2D eigenvalue weighted by atomic mass is 10.1. The summed E-state index contributed by atoms with van der Waals surface area (Å²) in [6.45, 7) is 6.50. The van der Waals surface area contributed by atoms with Crippen molar-refractivity contribution in [1.29, 1.82) is 5.26 Å². The highest BCUT2D eigenvalue weighted by molar-refractivity contribution is 5.88. The molecule has 0 radical (unpaired) electrons. The normalized spacial score (nSPS) is 14.3. The first-order valence-electron chi connectivity index (χ1n) is 10.7. The maximum absolute atomic E-state index is 9.68. The van der Waals surface area contributed by atoms with Crippen molar-refractivity contribution in [3.8, 4) is 12.1 Å². The summed E-state index contributed by atoms with van der Waals surface area (Å²) in [5, 5.41) is 10.4. The molecule has 0 bridgehead atoms. The Morgan fingerprint density at radius 2 is 1.90 bits per heavy atom. The van der Waals surface area contributed by atoms with E-state index in [0.29, 0.717) is 35.7 Å². The molecule has 0 saturated carbocycles. The summed E-state index contributed by atoms with van der Waals surface area (Å²) in [6, 6.07) is 12.8. The number of fused-ring (bicyclic) bond motifs is 1. The van der Waals surface area contributed by atoms with E-state index in [1.165, 1.54) is 31.5 Å². The number of nitriles is 1. The van der Waals surface area contributed by atoms with E-state index in [4.69, 9.17) is 10.5 Å². The Hall–Kier alpha value is -3.11. The average molecular weight is 405 g/mol. The maximum atomic E-state index is 9.68. The second-order valence-corrected chi connectivity index (χ2v) is 7.86. The average Bonchev–Trinajstić information content (AvgIpc) is 3.37. The van der Waals surface area contributed by atoms with Gasteiger partial charge in [-0.2, -0.15) is 15.2 Å². The summed E-state index contributed by atoms with van der Waals surface area (Å²) in [6.07, 6.45) is 4.52. The Balaban J connectivity index is 1.63. The summed E-state index contributed by atoms with van der Waals surface area (Å²) in [4.78, 5) is 11.3. The van der Waals surface area contributed by atoms with Crippen LogP contribution in [0.4, 0.5) is 5.82 Å². The van der Waals surface area contributed by atoms with Crippen LogP contribution in [0.15, 0.2) is 30.3 Å². The van der Waals surface area contributed by atoms with E-state index in [1.807, 2.05) is 4.57 Å². The van der Waals surface area contributed by atoms with Gasteiger partial charge in [0, 0.05) is 6.54 Å². The molecule has 0 atom stereocenters. The van der Waals surface area contributed by atoms with Crippen molar-refractivity contribution in [2.75, 3.05) is 25.4 Å². The minimum atomic E-state index is 0.264. The van der Waals surface area contributed by atoms with Crippen LogP contribution in [0.3, 0.4) is 0 Å². The first-order chi connectivity index (χ1) is 14.7. The largest absolute Gasteiger partial charge is 0.463 e. The quantitative estimate of drug-likeness (QED) is 0.575. The fourth-order valence-electron chi connectivity index (χ4n) is 3.96. The van der Waals surface area contributed by atoms with Gasteiger partial charge in [-0.15, -0.1) is 0 Å². The molecule has 2 N–H and O–H groups in total. The Kier molecular flexibility index (Phi) is 6.15. The van der Waals surface area contributed by atoms with Gasteiger partial charge in [-0.25, -0.2) is 0 Å². The molecule has 0 spiro atoms. The molecular weight excluding hydrogens is 376 g/mol. The first kappa shape index (κ1) is 20.2. The zero-order chi connectivity index (χ0) is 20.9. The molecule has 2 aromatic heterocycles.